The minimum Gasteiger partial charge on any atom is -0.396 e. The van der Waals surface area contributed by atoms with Crippen molar-refractivity contribution in [3.05, 3.63) is 23.5 Å². The van der Waals surface area contributed by atoms with Gasteiger partial charge in [-0.05, 0) is 56.2 Å². The molecule has 0 radical (unpaired) electrons. The van der Waals surface area contributed by atoms with Crippen molar-refractivity contribution in [2.75, 3.05) is 13.2 Å². The molecule has 1 aromatic heterocycles. The number of nitrogens with zero attached hydrogens (tertiary/aromatic N) is 1. The Morgan fingerprint density at radius 2 is 2.10 bits per heavy atom. The van der Waals surface area contributed by atoms with Crippen LogP contribution in [0.15, 0.2) is 12.4 Å². The number of unbranched alkanes of at least 4 members (excludes halogenated alkanes) is 3. The monoisotopic (exact) mass is 278 g/mol. The molecule has 114 valence electrons. The molecule has 0 amide bonds. The van der Waals surface area contributed by atoms with Crippen molar-refractivity contribution in [2.45, 2.75) is 70.9 Å². The Bertz CT molecular complexity index is 386. The van der Waals surface area contributed by atoms with Gasteiger partial charge in [-0.15, -0.1) is 0 Å². The molecule has 1 aromatic rings. The van der Waals surface area contributed by atoms with E-state index in [1.807, 2.05) is 0 Å². The molecule has 2 N–H and O–H groups in total. The van der Waals surface area contributed by atoms with Gasteiger partial charge in [0.15, 0.2) is 0 Å². The van der Waals surface area contributed by atoms with Crippen LogP contribution in [0.3, 0.4) is 0 Å². The van der Waals surface area contributed by atoms with E-state index in [1.165, 1.54) is 38.5 Å². The molecule has 2 rings (SSSR count). The molecule has 0 saturated carbocycles. The molecule has 3 nitrogen and oxygen atoms in total. The molecule has 0 fully saturated rings. The predicted octanol–water partition coefficient (Wildman–Crippen LogP) is 3.42. The number of aliphatic hydroxyl groups is 1. The summed E-state index contributed by atoms with van der Waals surface area (Å²) in [5.74, 6) is 0. The van der Waals surface area contributed by atoms with E-state index in [1.54, 1.807) is 11.1 Å². The molecule has 20 heavy (non-hydrogen) atoms. The molecule has 1 heterocycles. The van der Waals surface area contributed by atoms with Gasteiger partial charge < -0.3 is 15.0 Å². The Hall–Kier alpha value is -0.800. The summed E-state index contributed by atoms with van der Waals surface area (Å²) in [4.78, 5) is 0. The number of nitrogens with one attached hydrogen (secondary N) is 1. The first-order chi connectivity index (χ1) is 9.85. The lowest BCUT2D eigenvalue weighted by Gasteiger charge is -2.23. The molecule has 0 bridgehead atoms. The highest BCUT2D eigenvalue weighted by atomic mass is 16.2. The van der Waals surface area contributed by atoms with Crippen molar-refractivity contribution in [1.82, 2.24) is 9.88 Å². The number of aryl methyl sites for hydroxylation is 2. The maximum Gasteiger partial charge on any atom is 0.0431 e. The molecule has 3 heteroatoms. The maximum absolute atomic E-state index is 8.78. The van der Waals surface area contributed by atoms with Crippen molar-refractivity contribution in [3.63, 3.8) is 0 Å². The molecule has 0 aromatic carbocycles. The van der Waals surface area contributed by atoms with Crippen molar-refractivity contribution < 1.29 is 5.11 Å². The highest BCUT2D eigenvalue weighted by molar-refractivity contribution is 5.30. The lowest BCUT2D eigenvalue weighted by atomic mass is 9.91. The lowest BCUT2D eigenvalue weighted by Crippen LogP contribution is -2.24. The van der Waals surface area contributed by atoms with E-state index in [4.69, 9.17) is 5.11 Å². The number of aromatic nitrogens is 1. The number of rotatable bonds is 9. The van der Waals surface area contributed by atoms with Crippen LogP contribution in [0.2, 0.25) is 0 Å². The van der Waals surface area contributed by atoms with Gasteiger partial charge in [0, 0.05) is 31.6 Å². The van der Waals surface area contributed by atoms with Gasteiger partial charge in [0.05, 0.1) is 0 Å². The molecule has 0 spiro atoms. The van der Waals surface area contributed by atoms with Gasteiger partial charge in [-0.1, -0.05) is 19.8 Å². The van der Waals surface area contributed by atoms with Crippen molar-refractivity contribution in [3.8, 4) is 0 Å². The fraction of sp³-hybridized carbons (Fsp3) is 0.765. The molecular weight excluding hydrogens is 248 g/mol. The minimum absolute atomic E-state index is 0.336. The molecular formula is C17H30N2O. The van der Waals surface area contributed by atoms with Crippen molar-refractivity contribution in [1.29, 1.82) is 0 Å². The van der Waals surface area contributed by atoms with Crippen molar-refractivity contribution >= 4 is 0 Å². The molecule has 0 aliphatic heterocycles. The van der Waals surface area contributed by atoms with Crippen LogP contribution in [0.1, 0.15) is 69.0 Å². The standard InChI is InChI=1S/C17H30N2O/c1-2-10-18-17-9-7-8-15-13-19(14-16(15)17)11-5-3-4-6-12-20/h13-14,17-18,20H,2-12H2,1H3. The van der Waals surface area contributed by atoms with Gasteiger partial charge in [-0.25, -0.2) is 0 Å². The Balaban J connectivity index is 1.85. The molecule has 1 atom stereocenters. The normalized spacial score (nSPS) is 18.2. The summed E-state index contributed by atoms with van der Waals surface area (Å²) in [7, 11) is 0. The van der Waals surface area contributed by atoms with Crippen LogP contribution in [0.5, 0.6) is 0 Å². The van der Waals surface area contributed by atoms with Crippen LogP contribution < -0.4 is 5.32 Å². The maximum atomic E-state index is 8.78. The zero-order valence-electron chi connectivity index (χ0n) is 12.9. The van der Waals surface area contributed by atoms with Crippen LogP contribution in [0.4, 0.5) is 0 Å². The topological polar surface area (TPSA) is 37.2 Å². The Kier molecular flexibility index (Phi) is 6.61. The van der Waals surface area contributed by atoms with E-state index >= 15 is 0 Å². The second-order valence-electron chi connectivity index (χ2n) is 6.01. The number of hydrogen-bond donors (Lipinski definition) is 2. The van der Waals surface area contributed by atoms with E-state index in [9.17, 15) is 0 Å². The highest BCUT2D eigenvalue weighted by Crippen LogP contribution is 2.30. The van der Waals surface area contributed by atoms with Gasteiger partial charge in [0.2, 0.25) is 0 Å². The van der Waals surface area contributed by atoms with E-state index in [0.29, 0.717) is 12.6 Å². The largest absolute Gasteiger partial charge is 0.396 e. The molecule has 1 aliphatic carbocycles. The second kappa shape index (κ2) is 8.48. The summed E-state index contributed by atoms with van der Waals surface area (Å²) in [6.45, 7) is 4.81. The molecule has 1 aliphatic rings. The predicted molar refractivity (Wildman–Crippen MR) is 84.0 cm³/mol. The average Bonchev–Trinajstić information content (AvgIpc) is 2.88. The van der Waals surface area contributed by atoms with Gasteiger partial charge >= 0.3 is 0 Å². The Morgan fingerprint density at radius 1 is 1.25 bits per heavy atom. The summed E-state index contributed by atoms with van der Waals surface area (Å²) in [6, 6.07) is 0.578. The summed E-state index contributed by atoms with van der Waals surface area (Å²) < 4.78 is 2.38. The van der Waals surface area contributed by atoms with E-state index in [0.717, 1.165) is 25.9 Å². The summed E-state index contributed by atoms with van der Waals surface area (Å²) >= 11 is 0. The lowest BCUT2D eigenvalue weighted by molar-refractivity contribution is 0.282. The fourth-order valence-electron chi connectivity index (χ4n) is 3.17. The average molecular weight is 278 g/mol. The zero-order valence-corrected chi connectivity index (χ0v) is 12.9. The zero-order chi connectivity index (χ0) is 14.2. The number of fused-ring (bicyclic) bond motifs is 1. The second-order valence-corrected chi connectivity index (χ2v) is 6.01. The van der Waals surface area contributed by atoms with Crippen LogP contribution in [0.25, 0.3) is 0 Å². The van der Waals surface area contributed by atoms with Crippen LogP contribution >= 0.6 is 0 Å². The first kappa shape index (κ1) is 15.6. The summed E-state index contributed by atoms with van der Waals surface area (Å²) in [5, 5.41) is 12.5. The smallest absolute Gasteiger partial charge is 0.0431 e. The number of aliphatic hydroxyl groups excluding tert-OH is 1. The van der Waals surface area contributed by atoms with Crippen molar-refractivity contribution in [2.24, 2.45) is 0 Å². The van der Waals surface area contributed by atoms with Crippen LogP contribution in [0, 0.1) is 0 Å². The third-order valence-corrected chi connectivity index (χ3v) is 4.28. The highest BCUT2D eigenvalue weighted by Gasteiger charge is 2.21. The third-order valence-electron chi connectivity index (χ3n) is 4.28. The van der Waals surface area contributed by atoms with E-state index < -0.39 is 0 Å². The van der Waals surface area contributed by atoms with Gasteiger partial charge in [-0.3, -0.25) is 0 Å². The molecule has 1 unspecified atom stereocenters. The Labute approximate surface area is 123 Å². The first-order valence-corrected chi connectivity index (χ1v) is 8.38. The van der Waals surface area contributed by atoms with Gasteiger partial charge in [-0.2, -0.15) is 0 Å². The van der Waals surface area contributed by atoms with E-state index in [2.05, 4.69) is 29.2 Å². The van der Waals surface area contributed by atoms with Crippen LogP contribution in [-0.4, -0.2) is 22.8 Å². The third kappa shape index (κ3) is 4.35. The molecule has 0 saturated heterocycles. The fourth-order valence-corrected chi connectivity index (χ4v) is 3.17. The quantitative estimate of drug-likeness (QED) is 0.679. The van der Waals surface area contributed by atoms with Crippen LogP contribution in [-0.2, 0) is 13.0 Å². The minimum atomic E-state index is 0.336. The Morgan fingerprint density at radius 3 is 2.90 bits per heavy atom. The number of hydrogen-bond acceptors (Lipinski definition) is 2. The van der Waals surface area contributed by atoms with Gasteiger partial charge in [0.1, 0.15) is 0 Å². The first-order valence-electron chi connectivity index (χ1n) is 8.38. The van der Waals surface area contributed by atoms with Gasteiger partial charge in [0.25, 0.3) is 0 Å². The summed E-state index contributed by atoms with van der Waals surface area (Å²) in [6.07, 6.45) is 14.3. The SMILES string of the molecule is CCCNC1CCCc2cn(CCCCCCO)cc21. The van der Waals surface area contributed by atoms with E-state index in [-0.39, 0.29) is 0 Å². The summed E-state index contributed by atoms with van der Waals surface area (Å²) in [5.41, 5.74) is 3.10.